The number of hydrogen-bond acceptors (Lipinski definition) is 10. The van der Waals surface area contributed by atoms with Gasteiger partial charge in [-0.25, -0.2) is 4.98 Å². The summed E-state index contributed by atoms with van der Waals surface area (Å²) in [5.41, 5.74) is -0.557. The molecular formula is C21H30N4O6S2. The predicted molar refractivity (Wildman–Crippen MR) is 127 cm³/mol. The summed E-state index contributed by atoms with van der Waals surface area (Å²) in [7, 11) is 1.63. The number of rotatable bonds is 14. The van der Waals surface area contributed by atoms with Crippen molar-refractivity contribution in [1.29, 1.82) is 0 Å². The van der Waals surface area contributed by atoms with Crippen molar-refractivity contribution in [2.75, 3.05) is 19.3 Å². The van der Waals surface area contributed by atoms with E-state index < -0.39 is 17.6 Å². The van der Waals surface area contributed by atoms with Crippen molar-refractivity contribution in [2.24, 2.45) is 0 Å². The van der Waals surface area contributed by atoms with Crippen LogP contribution in [0.3, 0.4) is 0 Å². The molecule has 0 fully saturated rings. The van der Waals surface area contributed by atoms with Gasteiger partial charge in [-0.05, 0) is 33.4 Å². The molecule has 0 aliphatic heterocycles. The van der Waals surface area contributed by atoms with Gasteiger partial charge in [-0.1, -0.05) is 17.8 Å². The molecule has 0 saturated carbocycles. The normalized spacial score (nSPS) is 12.2. The van der Waals surface area contributed by atoms with Gasteiger partial charge in [0, 0.05) is 18.1 Å². The van der Waals surface area contributed by atoms with Crippen LogP contribution in [0.15, 0.2) is 17.5 Å². The van der Waals surface area contributed by atoms with Crippen LogP contribution >= 0.6 is 23.1 Å². The third kappa shape index (κ3) is 11.7. The first-order chi connectivity index (χ1) is 15.6. The Morgan fingerprint density at radius 2 is 2.00 bits per heavy atom. The first-order valence-corrected chi connectivity index (χ1v) is 12.1. The van der Waals surface area contributed by atoms with Crippen molar-refractivity contribution in [3.05, 3.63) is 28.2 Å². The highest BCUT2D eigenvalue weighted by Crippen LogP contribution is 2.10. The van der Waals surface area contributed by atoms with E-state index in [9.17, 15) is 24.0 Å². The number of aldehydes is 1. The van der Waals surface area contributed by atoms with E-state index in [0.29, 0.717) is 29.2 Å². The van der Waals surface area contributed by atoms with Crippen LogP contribution < -0.4 is 16.0 Å². The number of carbonyl (C=O) groups excluding carboxylic acids is 5. The molecule has 0 aliphatic carbocycles. The minimum atomic E-state index is -0.854. The van der Waals surface area contributed by atoms with Crippen molar-refractivity contribution in [3.63, 3.8) is 0 Å². The smallest absolute Gasteiger partial charge is 0.326 e. The summed E-state index contributed by atoms with van der Waals surface area (Å²) in [5, 5.41) is 10.2. The van der Waals surface area contributed by atoms with Crippen molar-refractivity contribution >= 4 is 52.3 Å². The first-order valence-electron chi connectivity index (χ1n) is 10.2. The largest absolute Gasteiger partial charge is 0.456 e. The van der Waals surface area contributed by atoms with Crippen molar-refractivity contribution in [1.82, 2.24) is 20.9 Å². The number of aromatic nitrogens is 1. The summed E-state index contributed by atoms with van der Waals surface area (Å²) in [4.78, 5) is 62.4. The molecule has 0 bridgehead atoms. The number of amides is 2. The highest BCUT2D eigenvalue weighted by atomic mass is 32.2. The average molecular weight is 499 g/mol. The summed E-state index contributed by atoms with van der Waals surface area (Å²) < 4.78 is 5.36. The number of esters is 1. The fraction of sp³-hybridized carbons (Fsp3) is 0.524. The number of likely N-dealkylation sites (N-methyl/N-ethyl adjacent to an activating group) is 1. The maximum absolute atomic E-state index is 12.3. The zero-order valence-electron chi connectivity index (χ0n) is 19.1. The minimum absolute atomic E-state index is 0.00548. The van der Waals surface area contributed by atoms with E-state index in [-0.39, 0.29) is 36.4 Å². The molecule has 0 aromatic carbocycles. The van der Waals surface area contributed by atoms with Crippen molar-refractivity contribution < 1.29 is 28.7 Å². The van der Waals surface area contributed by atoms with Crippen molar-refractivity contribution in [2.45, 2.75) is 51.8 Å². The second-order valence-corrected chi connectivity index (χ2v) is 9.62. The molecule has 33 heavy (non-hydrogen) atoms. The van der Waals surface area contributed by atoms with Crippen LogP contribution in [0.4, 0.5) is 0 Å². The van der Waals surface area contributed by atoms with Gasteiger partial charge in [0.15, 0.2) is 11.4 Å². The van der Waals surface area contributed by atoms with Gasteiger partial charge in [0.25, 0.3) is 0 Å². The summed E-state index contributed by atoms with van der Waals surface area (Å²) >= 11 is 2.42. The van der Waals surface area contributed by atoms with Crippen LogP contribution in [-0.2, 0) is 30.5 Å². The fourth-order valence-corrected chi connectivity index (χ4v) is 3.47. The van der Waals surface area contributed by atoms with E-state index in [1.54, 1.807) is 38.4 Å². The predicted octanol–water partition coefficient (Wildman–Crippen LogP) is 1.21. The van der Waals surface area contributed by atoms with Gasteiger partial charge in [-0.3, -0.25) is 24.0 Å². The van der Waals surface area contributed by atoms with Gasteiger partial charge in [0.1, 0.15) is 23.4 Å². The lowest BCUT2D eigenvalue weighted by Crippen LogP contribution is -2.52. The lowest BCUT2D eigenvalue weighted by atomic mass is 10.1. The number of nitrogens with one attached hydrogen (secondary N) is 3. The standard InChI is InChI=1S/C21H30N4O6S2/c1-14(27)32-8-6-5-7-16(31-19(29)11-24-20(30)21(2,3)22-4)9-17(28)23-10-18-25-15(12-26)13-33-18/h5,7,12-13,16,22H,6,8-11H2,1-4H3,(H,23,28)(H,24,30)/b7-5+. The molecule has 0 saturated heterocycles. The summed E-state index contributed by atoms with van der Waals surface area (Å²) in [6.07, 6.45) is 3.52. The Morgan fingerprint density at radius 3 is 2.61 bits per heavy atom. The highest BCUT2D eigenvalue weighted by Gasteiger charge is 2.26. The van der Waals surface area contributed by atoms with E-state index in [1.165, 1.54) is 30.0 Å². The summed E-state index contributed by atoms with van der Waals surface area (Å²) in [6.45, 7) is 4.62. The Morgan fingerprint density at radius 1 is 1.27 bits per heavy atom. The molecule has 10 nitrogen and oxygen atoms in total. The van der Waals surface area contributed by atoms with Gasteiger partial charge in [-0.2, -0.15) is 0 Å². The number of thioether (sulfide) groups is 1. The Labute approximate surface area is 201 Å². The second kappa shape index (κ2) is 14.6. The molecule has 1 rings (SSSR count). The monoisotopic (exact) mass is 498 g/mol. The van der Waals surface area contributed by atoms with Gasteiger partial charge >= 0.3 is 5.97 Å². The lowest BCUT2D eigenvalue weighted by molar-refractivity contribution is -0.148. The number of ether oxygens (including phenoxy) is 1. The molecule has 1 aromatic rings. The van der Waals surface area contributed by atoms with E-state index in [4.69, 9.17) is 4.74 Å². The van der Waals surface area contributed by atoms with Crippen LogP contribution in [0.2, 0.25) is 0 Å². The quantitative estimate of drug-likeness (QED) is 0.149. The molecule has 0 radical (unpaired) electrons. The van der Waals surface area contributed by atoms with Crippen LogP contribution in [0.5, 0.6) is 0 Å². The maximum atomic E-state index is 12.3. The van der Waals surface area contributed by atoms with Crippen LogP contribution in [0, 0.1) is 0 Å². The van der Waals surface area contributed by atoms with E-state index in [0.717, 1.165) is 0 Å². The molecule has 182 valence electrons. The van der Waals surface area contributed by atoms with Crippen molar-refractivity contribution in [3.8, 4) is 0 Å². The van der Waals surface area contributed by atoms with Crippen LogP contribution in [0.25, 0.3) is 0 Å². The van der Waals surface area contributed by atoms with Gasteiger partial charge in [0.05, 0.1) is 18.5 Å². The Hall–Kier alpha value is -2.57. The average Bonchev–Trinajstić information content (AvgIpc) is 3.23. The molecule has 2 amide bonds. The zero-order chi connectivity index (χ0) is 24.9. The van der Waals surface area contributed by atoms with E-state index in [1.807, 2.05) is 0 Å². The van der Waals surface area contributed by atoms with Gasteiger partial charge in [0.2, 0.25) is 11.8 Å². The molecule has 1 aromatic heterocycles. The molecule has 0 aliphatic rings. The number of thiazole rings is 1. The summed E-state index contributed by atoms with van der Waals surface area (Å²) in [5.74, 6) is -0.868. The van der Waals surface area contributed by atoms with E-state index in [2.05, 4.69) is 20.9 Å². The Balaban J connectivity index is 2.64. The van der Waals surface area contributed by atoms with E-state index >= 15 is 0 Å². The third-order valence-corrected chi connectivity index (χ3v) is 6.04. The maximum Gasteiger partial charge on any atom is 0.326 e. The van der Waals surface area contributed by atoms with Gasteiger partial charge in [-0.15, -0.1) is 11.3 Å². The molecule has 1 atom stereocenters. The van der Waals surface area contributed by atoms with Gasteiger partial charge < -0.3 is 20.7 Å². The highest BCUT2D eigenvalue weighted by molar-refractivity contribution is 8.13. The Kier molecular flexibility index (Phi) is 12.6. The topological polar surface area (TPSA) is 144 Å². The lowest BCUT2D eigenvalue weighted by Gasteiger charge is -2.22. The SMILES string of the molecule is CNC(C)(C)C(=O)NCC(=O)OC(/C=C/CCSC(C)=O)CC(=O)NCc1nc(C=O)cs1. The molecule has 12 heteroatoms. The number of nitrogens with zero attached hydrogens (tertiary/aromatic N) is 1. The zero-order valence-corrected chi connectivity index (χ0v) is 20.8. The first kappa shape index (κ1) is 28.5. The Bertz CT molecular complexity index is 869. The molecule has 0 spiro atoms. The third-order valence-electron chi connectivity index (χ3n) is 4.32. The second-order valence-electron chi connectivity index (χ2n) is 7.41. The number of allylic oxidation sites excluding steroid dienone is 1. The fourth-order valence-electron chi connectivity index (χ4n) is 2.25. The molecular weight excluding hydrogens is 468 g/mol. The molecule has 3 N–H and O–H groups in total. The minimum Gasteiger partial charge on any atom is -0.456 e. The number of carbonyl (C=O) groups is 5. The molecule has 1 heterocycles. The summed E-state index contributed by atoms with van der Waals surface area (Å²) in [6, 6.07) is 0. The number of hydrogen-bond donors (Lipinski definition) is 3. The van der Waals surface area contributed by atoms with Crippen LogP contribution in [0.1, 0.15) is 49.1 Å². The van der Waals surface area contributed by atoms with Crippen LogP contribution in [-0.4, -0.2) is 65.2 Å². The molecule has 1 unspecified atom stereocenters.